The Morgan fingerprint density at radius 3 is 2.59 bits per heavy atom. The second-order valence-electron chi connectivity index (χ2n) is 10.2. The highest BCUT2D eigenvalue weighted by Gasteiger charge is 2.62. The Labute approximate surface area is 191 Å². The zero-order valence-electron chi connectivity index (χ0n) is 19.7. The van der Waals surface area contributed by atoms with Gasteiger partial charge in [0.15, 0.2) is 0 Å². The molecule has 5 nitrogen and oxygen atoms in total. The molecule has 174 valence electrons. The topological polar surface area (TPSA) is 73.2 Å². The Kier molecular flexibility index (Phi) is 6.49. The number of fused-ring (bicyclic) bond motifs is 2. The van der Waals surface area contributed by atoms with Crippen molar-refractivity contribution in [1.29, 1.82) is 0 Å². The van der Waals surface area contributed by atoms with Gasteiger partial charge in [-0.3, -0.25) is 4.90 Å². The number of methoxy groups -OCH3 is 1. The van der Waals surface area contributed by atoms with Gasteiger partial charge in [-0.1, -0.05) is 54.1 Å². The Morgan fingerprint density at radius 2 is 1.88 bits per heavy atom. The van der Waals surface area contributed by atoms with E-state index in [1.807, 2.05) is 19.1 Å². The summed E-state index contributed by atoms with van der Waals surface area (Å²) in [5, 5.41) is 36.7. The van der Waals surface area contributed by atoms with Crippen molar-refractivity contribution in [3.63, 3.8) is 0 Å². The van der Waals surface area contributed by atoms with E-state index in [0.29, 0.717) is 32.4 Å². The summed E-state index contributed by atoms with van der Waals surface area (Å²) in [6.07, 6.45) is 2.43. The number of likely N-dealkylation sites (tertiary alicyclic amines) is 1. The lowest BCUT2D eigenvalue weighted by atomic mass is 9.59. The number of benzene rings is 2. The number of ether oxygens (including phenoxy) is 1. The summed E-state index contributed by atoms with van der Waals surface area (Å²) >= 11 is 0. The molecule has 0 unspecified atom stereocenters. The van der Waals surface area contributed by atoms with E-state index >= 15 is 0 Å². The molecule has 2 aromatic carbocycles. The lowest BCUT2D eigenvalue weighted by Crippen LogP contribution is -2.75. The summed E-state index contributed by atoms with van der Waals surface area (Å²) in [7, 11) is 1.56. The summed E-state index contributed by atoms with van der Waals surface area (Å²) < 4.78 is 5.65. The van der Waals surface area contributed by atoms with Crippen LogP contribution in [-0.2, 0) is 11.3 Å². The van der Waals surface area contributed by atoms with Crippen molar-refractivity contribution in [2.24, 2.45) is 5.92 Å². The number of hydrogen-bond acceptors (Lipinski definition) is 5. The summed E-state index contributed by atoms with van der Waals surface area (Å²) in [4.78, 5) is 2.24. The second-order valence-corrected chi connectivity index (χ2v) is 10.2. The van der Waals surface area contributed by atoms with Crippen LogP contribution in [0.25, 0.3) is 10.8 Å². The van der Waals surface area contributed by atoms with Gasteiger partial charge >= 0.3 is 0 Å². The molecule has 32 heavy (non-hydrogen) atoms. The van der Waals surface area contributed by atoms with Crippen LogP contribution >= 0.6 is 0 Å². The van der Waals surface area contributed by atoms with E-state index in [1.165, 1.54) is 21.9 Å². The Hall–Kier alpha value is -1.76. The van der Waals surface area contributed by atoms with Crippen molar-refractivity contribution < 1.29 is 20.1 Å². The van der Waals surface area contributed by atoms with Gasteiger partial charge in [0.2, 0.25) is 0 Å². The predicted molar refractivity (Wildman–Crippen MR) is 127 cm³/mol. The third-order valence-electron chi connectivity index (χ3n) is 7.66. The first-order valence-corrected chi connectivity index (χ1v) is 11.7. The van der Waals surface area contributed by atoms with E-state index in [4.69, 9.17) is 4.74 Å². The molecule has 0 spiro atoms. The largest absolute Gasteiger partial charge is 0.390 e. The average Bonchev–Trinajstić information content (AvgIpc) is 2.74. The fourth-order valence-electron chi connectivity index (χ4n) is 6.18. The summed E-state index contributed by atoms with van der Waals surface area (Å²) in [5.41, 5.74) is 0.00199. The molecule has 6 atom stereocenters. The molecule has 1 saturated heterocycles. The average molecular weight is 440 g/mol. The minimum atomic E-state index is -1.24. The maximum Gasteiger partial charge on any atom is 0.0914 e. The van der Waals surface area contributed by atoms with Crippen molar-refractivity contribution in [3.05, 3.63) is 59.7 Å². The third-order valence-corrected chi connectivity index (χ3v) is 7.66. The molecule has 1 aliphatic carbocycles. The van der Waals surface area contributed by atoms with Crippen LogP contribution in [0.4, 0.5) is 0 Å². The maximum atomic E-state index is 12.0. The quantitative estimate of drug-likeness (QED) is 0.621. The van der Waals surface area contributed by atoms with Crippen LogP contribution in [-0.4, -0.2) is 63.3 Å². The van der Waals surface area contributed by atoms with Crippen LogP contribution in [0.5, 0.6) is 0 Å². The molecule has 2 aromatic rings. The first-order valence-electron chi connectivity index (χ1n) is 11.7. The number of β-amino-alcohol motifs (C(OH)–C–C–N with tert-alkyl or cyclic N) is 1. The molecular weight excluding hydrogens is 402 g/mol. The molecule has 1 saturated carbocycles. The molecule has 5 heteroatoms. The zero-order valence-corrected chi connectivity index (χ0v) is 19.7. The Morgan fingerprint density at radius 1 is 1.16 bits per heavy atom. The Bertz CT molecular complexity index is 977. The highest BCUT2D eigenvalue weighted by atomic mass is 16.5. The summed E-state index contributed by atoms with van der Waals surface area (Å²) in [6, 6.07) is 14.4. The van der Waals surface area contributed by atoms with E-state index in [0.717, 1.165) is 0 Å². The van der Waals surface area contributed by atoms with Gasteiger partial charge in [-0.05, 0) is 56.4 Å². The fourth-order valence-corrected chi connectivity index (χ4v) is 6.18. The maximum absolute atomic E-state index is 12.0. The standard InChI is InChI=1S/C27H37NO4/c1-18(2)12-13-23-26(3,30)25-24(32-4)22(29)14-15-27(25,31)17-28(23)16-20-10-7-9-19-8-5-6-11-21(19)20/h5-12,22-25,29-31H,13-17H2,1-4H3/t22-,23+,24-,25-,26+,27+/m1/s1. The predicted octanol–water partition coefficient (Wildman–Crippen LogP) is 3.65. The molecule has 0 bridgehead atoms. The van der Waals surface area contributed by atoms with Gasteiger partial charge in [0.1, 0.15) is 0 Å². The van der Waals surface area contributed by atoms with Gasteiger partial charge in [0.05, 0.1) is 23.4 Å². The number of aliphatic hydroxyl groups is 3. The first-order chi connectivity index (χ1) is 15.2. The number of piperidine rings is 1. The SMILES string of the molecule is CO[C@@H]1[C@H](O)CC[C@]2(O)CN(Cc3cccc4ccccc34)[C@@H](CC=C(C)C)[C@](C)(O)[C@@H]12. The number of hydrogen-bond donors (Lipinski definition) is 3. The van der Waals surface area contributed by atoms with Crippen molar-refractivity contribution in [3.8, 4) is 0 Å². The minimum absolute atomic E-state index is 0.218. The molecule has 2 aliphatic rings. The molecule has 1 aliphatic heterocycles. The van der Waals surface area contributed by atoms with Crippen LogP contribution in [0.15, 0.2) is 54.1 Å². The van der Waals surface area contributed by atoms with Crippen LogP contribution in [0.1, 0.15) is 45.6 Å². The number of rotatable bonds is 5. The highest BCUT2D eigenvalue weighted by molar-refractivity contribution is 5.85. The van der Waals surface area contributed by atoms with E-state index in [-0.39, 0.29) is 6.04 Å². The number of allylic oxidation sites excluding steroid dienone is 1. The van der Waals surface area contributed by atoms with Gasteiger partial charge in [0.25, 0.3) is 0 Å². The molecule has 1 heterocycles. The molecule has 2 fully saturated rings. The van der Waals surface area contributed by atoms with Crippen LogP contribution in [0.2, 0.25) is 0 Å². The monoisotopic (exact) mass is 439 g/mol. The first kappa shape index (κ1) is 23.4. The highest BCUT2D eigenvalue weighted by Crippen LogP contribution is 2.49. The normalized spacial score (nSPS) is 35.5. The van der Waals surface area contributed by atoms with Gasteiger partial charge in [-0.25, -0.2) is 0 Å². The summed E-state index contributed by atoms with van der Waals surface area (Å²) in [6.45, 7) is 7.00. The van der Waals surface area contributed by atoms with Gasteiger partial charge in [0, 0.05) is 32.2 Å². The van der Waals surface area contributed by atoms with Gasteiger partial charge < -0.3 is 20.1 Å². The lowest BCUT2D eigenvalue weighted by Gasteiger charge is -2.61. The summed E-state index contributed by atoms with van der Waals surface area (Å²) in [5.74, 6) is -0.567. The Balaban J connectivity index is 1.76. The molecule has 0 amide bonds. The molecular formula is C27H37NO4. The number of aliphatic hydroxyl groups excluding tert-OH is 1. The van der Waals surface area contributed by atoms with Gasteiger partial charge in [-0.15, -0.1) is 0 Å². The van der Waals surface area contributed by atoms with E-state index in [9.17, 15) is 15.3 Å². The smallest absolute Gasteiger partial charge is 0.0914 e. The van der Waals surface area contributed by atoms with E-state index in [2.05, 4.69) is 55.2 Å². The van der Waals surface area contributed by atoms with Crippen molar-refractivity contribution in [2.45, 2.75) is 76.0 Å². The van der Waals surface area contributed by atoms with Crippen molar-refractivity contribution in [2.75, 3.05) is 13.7 Å². The molecule has 0 aromatic heterocycles. The zero-order chi connectivity index (χ0) is 23.1. The number of nitrogens with zero attached hydrogens (tertiary/aromatic N) is 1. The molecule has 4 rings (SSSR count). The molecule has 0 radical (unpaired) electrons. The molecule has 3 N–H and O–H groups in total. The second kappa shape index (κ2) is 8.88. The third kappa shape index (κ3) is 4.13. The fraction of sp³-hybridized carbons (Fsp3) is 0.556. The van der Waals surface area contributed by atoms with Crippen molar-refractivity contribution >= 4 is 10.8 Å². The van der Waals surface area contributed by atoms with Crippen LogP contribution < -0.4 is 0 Å². The lowest BCUT2D eigenvalue weighted by molar-refractivity contribution is -0.266. The minimum Gasteiger partial charge on any atom is -0.390 e. The van der Waals surface area contributed by atoms with Gasteiger partial charge in [-0.2, -0.15) is 0 Å². The van der Waals surface area contributed by atoms with Crippen LogP contribution in [0.3, 0.4) is 0 Å². The van der Waals surface area contributed by atoms with Crippen LogP contribution in [0, 0.1) is 5.92 Å². The van der Waals surface area contributed by atoms with Crippen molar-refractivity contribution in [1.82, 2.24) is 4.90 Å². The van der Waals surface area contributed by atoms with E-state index in [1.54, 1.807) is 7.11 Å². The van der Waals surface area contributed by atoms with E-state index < -0.39 is 29.3 Å².